The molecular formula is C11H16ClFN2. The summed E-state index contributed by atoms with van der Waals surface area (Å²) in [5.41, 5.74) is 7.61. The summed E-state index contributed by atoms with van der Waals surface area (Å²) in [5.74, 6) is 0. The number of anilines is 1. The van der Waals surface area contributed by atoms with Crippen LogP contribution in [0.3, 0.4) is 0 Å². The van der Waals surface area contributed by atoms with Gasteiger partial charge >= 0.3 is 0 Å². The van der Waals surface area contributed by atoms with Crippen molar-refractivity contribution in [2.75, 3.05) is 25.7 Å². The molecule has 0 fully saturated rings. The highest BCUT2D eigenvalue weighted by molar-refractivity contribution is 6.31. The zero-order valence-electron chi connectivity index (χ0n) is 9.00. The lowest BCUT2D eigenvalue weighted by atomic mass is 10.0. The second-order valence-corrected chi connectivity index (χ2v) is 4.09. The smallest absolute Gasteiger partial charge is 0.0912 e. The third-order valence-corrected chi connectivity index (χ3v) is 2.65. The van der Waals surface area contributed by atoms with Crippen LogP contribution < -0.4 is 10.6 Å². The van der Waals surface area contributed by atoms with Crippen molar-refractivity contribution in [1.29, 1.82) is 0 Å². The molecule has 0 saturated heterocycles. The lowest BCUT2D eigenvalue weighted by molar-refractivity contribution is 0.442. The van der Waals surface area contributed by atoms with Gasteiger partial charge in [0.25, 0.3) is 0 Å². The van der Waals surface area contributed by atoms with E-state index >= 15 is 0 Å². The fourth-order valence-electron chi connectivity index (χ4n) is 1.37. The Hall–Kier alpha value is -0.800. The van der Waals surface area contributed by atoms with E-state index in [0.717, 1.165) is 11.3 Å². The van der Waals surface area contributed by atoms with E-state index in [-0.39, 0.29) is 6.04 Å². The van der Waals surface area contributed by atoms with E-state index in [2.05, 4.69) is 0 Å². The number of halogens is 2. The van der Waals surface area contributed by atoms with Crippen LogP contribution >= 0.6 is 11.6 Å². The van der Waals surface area contributed by atoms with Gasteiger partial charge in [0.2, 0.25) is 0 Å². The average molecular weight is 231 g/mol. The molecule has 0 bridgehead atoms. The lowest BCUT2D eigenvalue weighted by Crippen LogP contribution is -2.13. The van der Waals surface area contributed by atoms with Crippen molar-refractivity contribution in [3.8, 4) is 0 Å². The van der Waals surface area contributed by atoms with Gasteiger partial charge in [-0.15, -0.1) is 0 Å². The summed E-state index contributed by atoms with van der Waals surface area (Å²) in [6.45, 7) is -0.424. The van der Waals surface area contributed by atoms with Crippen molar-refractivity contribution in [3.63, 3.8) is 0 Å². The molecule has 0 radical (unpaired) electrons. The minimum absolute atomic E-state index is 0.307. The number of nitrogens with zero attached hydrogens (tertiary/aromatic N) is 1. The zero-order chi connectivity index (χ0) is 11.4. The molecule has 1 aromatic carbocycles. The first kappa shape index (κ1) is 12.3. The Morgan fingerprint density at radius 2 is 2.13 bits per heavy atom. The zero-order valence-corrected chi connectivity index (χ0v) is 9.76. The van der Waals surface area contributed by atoms with Crippen LogP contribution in [0.1, 0.15) is 18.0 Å². The molecule has 2 nitrogen and oxygen atoms in total. The van der Waals surface area contributed by atoms with E-state index in [9.17, 15) is 4.39 Å². The molecule has 84 valence electrons. The number of hydrogen-bond donors (Lipinski definition) is 1. The molecule has 2 N–H and O–H groups in total. The summed E-state index contributed by atoms with van der Waals surface area (Å²) in [5, 5.41) is 0.599. The van der Waals surface area contributed by atoms with Gasteiger partial charge in [0.15, 0.2) is 0 Å². The minimum atomic E-state index is -0.424. The predicted molar refractivity (Wildman–Crippen MR) is 63.3 cm³/mol. The molecule has 0 heterocycles. The Kier molecular flexibility index (Phi) is 4.36. The van der Waals surface area contributed by atoms with E-state index in [1.54, 1.807) is 0 Å². The Balaban J connectivity index is 2.92. The predicted octanol–water partition coefficient (Wildman–Crippen LogP) is 2.77. The number of alkyl halides is 1. The quantitative estimate of drug-likeness (QED) is 0.862. The monoisotopic (exact) mass is 230 g/mol. The maximum atomic E-state index is 12.1. The molecule has 4 heteroatoms. The molecule has 1 atom stereocenters. The molecular weight excluding hydrogens is 215 g/mol. The highest BCUT2D eigenvalue weighted by Gasteiger charge is 2.10. The Labute approximate surface area is 94.8 Å². The van der Waals surface area contributed by atoms with Gasteiger partial charge in [-0.25, -0.2) is 0 Å². The van der Waals surface area contributed by atoms with Gasteiger partial charge in [-0.3, -0.25) is 4.39 Å². The van der Waals surface area contributed by atoms with E-state index < -0.39 is 6.67 Å². The van der Waals surface area contributed by atoms with Gasteiger partial charge in [-0.2, -0.15) is 0 Å². The van der Waals surface area contributed by atoms with Crippen molar-refractivity contribution >= 4 is 17.3 Å². The molecule has 0 aliphatic rings. The average Bonchev–Trinajstić information content (AvgIpc) is 2.17. The topological polar surface area (TPSA) is 29.3 Å². The Morgan fingerprint density at radius 1 is 1.47 bits per heavy atom. The third-order valence-electron chi connectivity index (χ3n) is 2.32. The van der Waals surface area contributed by atoms with E-state index in [1.165, 1.54) is 0 Å². The van der Waals surface area contributed by atoms with Crippen molar-refractivity contribution in [1.82, 2.24) is 0 Å². The van der Waals surface area contributed by atoms with Gasteiger partial charge in [-0.1, -0.05) is 17.7 Å². The summed E-state index contributed by atoms with van der Waals surface area (Å²) in [6, 6.07) is 5.31. The van der Waals surface area contributed by atoms with Gasteiger partial charge in [0, 0.05) is 30.8 Å². The second kappa shape index (κ2) is 5.33. The first-order valence-corrected chi connectivity index (χ1v) is 5.22. The molecule has 0 aliphatic carbocycles. The molecule has 0 amide bonds. The van der Waals surface area contributed by atoms with Crippen LogP contribution in [-0.4, -0.2) is 20.8 Å². The molecule has 1 aromatic rings. The maximum Gasteiger partial charge on any atom is 0.0912 e. The van der Waals surface area contributed by atoms with E-state index in [1.807, 2.05) is 37.2 Å². The maximum absolute atomic E-state index is 12.1. The SMILES string of the molecule is CN(C)c1ccc([C@H](N)CCF)c(Cl)c1. The molecule has 15 heavy (non-hydrogen) atoms. The van der Waals surface area contributed by atoms with Crippen LogP contribution in [0.2, 0.25) is 5.02 Å². The second-order valence-electron chi connectivity index (χ2n) is 3.68. The van der Waals surface area contributed by atoms with Gasteiger partial charge in [0.1, 0.15) is 0 Å². The van der Waals surface area contributed by atoms with Crippen LogP contribution in [0, 0.1) is 0 Å². The Morgan fingerprint density at radius 3 is 2.60 bits per heavy atom. The van der Waals surface area contributed by atoms with Crippen molar-refractivity contribution in [2.45, 2.75) is 12.5 Å². The minimum Gasteiger partial charge on any atom is -0.378 e. The fraction of sp³-hybridized carbons (Fsp3) is 0.455. The normalized spacial score (nSPS) is 12.6. The number of benzene rings is 1. The van der Waals surface area contributed by atoms with Gasteiger partial charge in [0.05, 0.1) is 6.67 Å². The largest absolute Gasteiger partial charge is 0.378 e. The molecule has 1 rings (SSSR count). The third kappa shape index (κ3) is 3.08. The highest BCUT2D eigenvalue weighted by atomic mass is 35.5. The van der Waals surface area contributed by atoms with Crippen LogP contribution in [0.4, 0.5) is 10.1 Å². The summed E-state index contributed by atoms with van der Waals surface area (Å²) < 4.78 is 12.1. The Bertz CT molecular complexity index is 328. The van der Waals surface area contributed by atoms with Gasteiger partial charge in [-0.05, 0) is 24.1 Å². The van der Waals surface area contributed by atoms with Crippen molar-refractivity contribution < 1.29 is 4.39 Å². The molecule has 0 aromatic heterocycles. The van der Waals surface area contributed by atoms with Crippen LogP contribution in [-0.2, 0) is 0 Å². The van der Waals surface area contributed by atoms with Crippen molar-refractivity contribution in [2.24, 2.45) is 5.73 Å². The van der Waals surface area contributed by atoms with Crippen molar-refractivity contribution in [3.05, 3.63) is 28.8 Å². The number of hydrogen-bond acceptors (Lipinski definition) is 2. The summed E-state index contributed by atoms with van der Waals surface area (Å²) in [6.07, 6.45) is 0.307. The first-order valence-electron chi connectivity index (χ1n) is 4.84. The van der Waals surface area contributed by atoms with Crippen LogP contribution in [0.5, 0.6) is 0 Å². The standard InChI is InChI=1S/C11H16ClFN2/c1-15(2)8-3-4-9(10(12)7-8)11(14)5-6-13/h3-4,7,11H,5-6,14H2,1-2H3/t11-/m1/s1. The molecule has 0 unspecified atom stereocenters. The number of nitrogens with two attached hydrogens (primary N) is 1. The molecule has 0 aliphatic heterocycles. The fourth-order valence-corrected chi connectivity index (χ4v) is 1.68. The highest BCUT2D eigenvalue weighted by Crippen LogP contribution is 2.27. The summed E-state index contributed by atoms with van der Waals surface area (Å²) >= 11 is 6.07. The lowest BCUT2D eigenvalue weighted by Gasteiger charge is -2.16. The molecule has 0 saturated carbocycles. The number of rotatable bonds is 4. The van der Waals surface area contributed by atoms with Crippen LogP contribution in [0.25, 0.3) is 0 Å². The summed E-state index contributed by atoms with van der Waals surface area (Å²) in [4.78, 5) is 1.95. The van der Waals surface area contributed by atoms with E-state index in [4.69, 9.17) is 17.3 Å². The van der Waals surface area contributed by atoms with Crippen LogP contribution in [0.15, 0.2) is 18.2 Å². The summed E-state index contributed by atoms with van der Waals surface area (Å²) in [7, 11) is 3.87. The first-order chi connectivity index (χ1) is 7.06. The van der Waals surface area contributed by atoms with E-state index in [0.29, 0.717) is 11.4 Å². The van der Waals surface area contributed by atoms with Gasteiger partial charge < -0.3 is 10.6 Å². The molecule has 0 spiro atoms.